The van der Waals surface area contributed by atoms with Crippen molar-refractivity contribution in [3.05, 3.63) is 65.7 Å². The van der Waals surface area contributed by atoms with E-state index in [-0.39, 0.29) is 0 Å². The number of hydrogen-bond acceptors (Lipinski definition) is 3. The monoisotopic (exact) mass is 289 g/mol. The molecule has 0 fully saturated rings. The molecule has 0 heterocycles. The van der Waals surface area contributed by atoms with Crippen molar-refractivity contribution >= 4 is 0 Å². The van der Waals surface area contributed by atoms with Crippen LogP contribution in [0, 0.1) is 23.7 Å². The highest BCUT2D eigenvalue weighted by molar-refractivity contribution is 5.52. The Morgan fingerprint density at radius 3 is 2.64 bits per heavy atom. The number of nitrogens with zero attached hydrogens (tertiary/aromatic N) is 1. The highest BCUT2D eigenvalue weighted by atomic mass is 16.5. The number of benzene rings is 2. The molecule has 0 amide bonds. The Bertz CT molecular complexity index is 779. The molecule has 0 saturated carbocycles. The zero-order chi connectivity index (χ0) is 15.9. The second-order valence-electron chi connectivity index (χ2n) is 4.54. The maximum absolute atomic E-state index is 9.10. The summed E-state index contributed by atoms with van der Waals surface area (Å²) in [6.07, 6.45) is 7.93. The molecular weight excluding hydrogens is 274 g/mol. The molecule has 108 valence electrons. The Kier molecular flexibility index (Phi) is 4.85. The van der Waals surface area contributed by atoms with Gasteiger partial charge < -0.3 is 9.47 Å². The third-order valence-corrected chi connectivity index (χ3v) is 3.10. The fraction of sp³-hybridized carbons (Fsp3) is 0.105. The van der Waals surface area contributed by atoms with E-state index in [1.54, 1.807) is 25.3 Å². The van der Waals surface area contributed by atoms with E-state index in [0.29, 0.717) is 28.4 Å². The molecule has 0 spiro atoms. The van der Waals surface area contributed by atoms with Crippen LogP contribution < -0.4 is 9.47 Å². The van der Waals surface area contributed by atoms with E-state index in [1.807, 2.05) is 24.3 Å². The van der Waals surface area contributed by atoms with Gasteiger partial charge in [-0.25, -0.2) is 0 Å². The molecule has 0 aliphatic heterocycles. The van der Waals surface area contributed by atoms with Crippen molar-refractivity contribution in [3.8, 4) is 35.7 Å². The number of terminal acetylenes is 1. The topological polar surface area (TPSA) is 42.2 Å². The Labute approximate surface area is 130 Å². The van der Waals surface area contributed by atoms with Gasteiger partial charge in [0.05, 0.1) is 12.7 Å². The van der Waals surface area contributed by atoms with Gasteiger partial charge in [0.2, 0.25) is 0 Å². The van der Waals surface area contributed by atoms with Crippen LogP contribution in [0.25, 0.3) is 0 Å². The molecule has 2 rings (SSSR count). The molecule has 0 saturated heterocycles. The summed E-state index contributed by atoms with van der Waals surface area (Å²) >= 11 is 0. The van der Waals surface area contributed by atoms with Gasteiger partial charge in [-0.15, -0.1) is 13.0 Å². The first-order chi connectivity index (χ1) is 10.7. The predicted molar refractivity (Wildman–Crippen MR) is 86.1 cm³/mol. The standard InChI is InChI=1S/C19H15NO2/c1-4-6-14-7-10-18(19(11-14)21-3)22-17-9-8-15(5-2)16(12-17)13-20/h2,4,7-12H,1,6H2,3H3. The van der Waals surface area contributed by atoms with E-state index in [9.17, 15) is 0 Å². The van der Waals surface area contributed by atoms with Crippen LogP contribution >= 0.6 is 0 Å². The van der Waals surface area contributed by atoms with Gasteiger partial charge in [0.1, 0.15) is 11.8 Å². The minimum Gasteiger partial charge on any atom is -0.493 e. The first-order valence-corrected chi connectivity index (χ1v) is 6.68. The van der Waals surface area contributed by atoms with Crippen molar-refractivity contribution in [2.45, 2.75) is 6.42 Å². The van der Waals surface area contributed by atoms with Crippen LogP contribution in [0.1, 0.15) is 16.7 Å². The lowest BCUT2D eigenvalue weighted by atomic mass is 10.1. The average molecular weight is 289 g/mol. The van der Waals surface area contributed by atoms with E-state index in [4.69, 9.17) is 21.2 Å². The van der Waals surface area contributed by atoms with Crippen LogP contribution in [0.15, 0.2) is 49.1 Å². The molecular formula is C19H15NO2. The van der Waals surface area contributed by atoms with Crippen LogP contribution in [0.2, 0.25) is 0 Å². The first kappa shape index (κ1) is 15.2. The van der Waals surface area contributed by atoms with Crippen molar-refractivity contribution in [2.24, 2.45) is 0 Å². The largest absolute Gasteiger partial charge is 0.493 e. The molecule has 3 nitrogen and oxygen atoms in total. The number of hydrogen-bond donors (Lipinski definition) is 0. The number of rotatable bonds is 5. The summed E-state index contributed by atoms with van der Waals surface area (Å²) in [5, 5.41) is 9.10. The van der Waals surface area contributed by atoms with Gasteiger partial charge in [-0.2, -0.15) is 5.26 Å². The average Bonchev–Trinajstić information content (AvgIpc) is 2.56. The first-order valence-electron chi connectivity index (χ1n) is 6.68. The van der Waals surface area contributed by atoms with E-state index < -0.39 is 0 Å². The van der Waals surface area contributed by atoms with Gasteiger partial charge in [-0.1, -0.05) is 18.1 Å². The maximum Gasteiger partial charge on any atom is 0.169 e. The van der Waals surface area contributed by atoms with Crippen LogP contribution in [-0.4, -0.2) is 7.11 Å². The molecule has 0 atom stereocenters. The zero-order valence-corrected chi connectivity index (χ0v) is 12.3. The van der Waals surface area contributed by atoms with Crippen LogP contribution in [0.5, 0.6) is 17.2 Å². The summed E-state index contributed by atoms with van der Waals surface area (Å²) in [4.78, 5) is 0. The van der Waals surface area contributed by atoms with E-state index in [2.05, 4.69) is 18.6 Å². The molecule has 0 aliphatic carbocycles. The molecule has 3 heteroatoms. The van der Waals surface area contributed by atoms with Gasteiger partial charge in [-0.05, 0) is 42.3 Å². The molecule has 0 unspecified atom stereocenters. The number of nitriles is 1. The van der Waals surface area contributed by atoms with Gasteiger partial charge in [0.15, 0.2) is 11.5 Å². The molecule has 0 N–H and O–H groups in total. The van der Waals surface area contributed by atoms with Crippen LogP contribution in [-0.2, 0) is 6.42 Å². The summed E-state index contributed by atoms with van der Waals surface area (Å²) in [7, 11) is 1.59. The minimum atomic E-state index is 0.405. The lowest BCUT2D eigenvalue weighted by Gasteiger charge is -2.12. The van der Waals surface area contributed by atoms with Crippen molar-refractivity contribution in [2.75, 3.05) is 7.11 Å². The van der Waals surface area contributed by atoms with Gasteiger partial charge in [-0.3, -0.25) is 0 Å². The summed E-state index contributed by atoms with van der Waals surface area (Å²) in [5.41, 5.74) is 2.03. The Balaban J connectivity index is 2.33. The van der Waals surface area contributed by atoms with Crippen molar-refractivity contribution < 1.29 is 9.47 Å². The molecule has 2 aromatic rings. The third kappa shape index (κ3) is 3.29. The van der Waals surface area contributed by atoms with Gasteiger partial charge in [0, 0.05) is 5.56 Å². The number of methoxy groups -OCH3 is 1. The quantitative estimate of drug-likeness (QED) is 0.615. The van der Waals surface area contributed by atoms with E-state index in [0.717, 1.165) is 12.0 Å². The Morgan fingerprint density at radius 1 is 1.18 bits per heavy atom. The smallest absolute Gasteiger partial charge is 0.169 e. The second kappa shape index (κ2) is 7.02. The fourth-order valence-corrected chi connectivity index (χ4v) is 2.02. The van der Waals surface area contributed by atoms with Crippen molar-refractivity contribution in [1.29, 1.82) is 5.26 Å². The van der Waals surface area contributed by atoms with Crippen LogP contribution in [0.3, 0.4) is 0 Å². The van der Waals surface area contributed by atoms with Gasteiger partial charge in [0.25, 0.3) is 0 Å². The maximum atomic E-state index is 9.10. The van der Waals surface area contributed by atoms with E-state index >= 15 is 0 Å². The second-order valence-corrected chi connectivity index (χ2v) is 4.54. The lowest BCUT2D eigenvalue weighted by Crippen LogP contribution is -1.93. The summed E-state index contributed by atoms with van der Waals surface area (Å²) in [5.74, 6) is 4.20. The fourth-order valence-electron chi connectivity index (χ4n) is 2.02. The Morgan fingerprint density at radius 2 is 2.00 bits per heavy atom. The minimum absolute atomic E-state index is 0.405. The molecule has 0 aromatic heterocycles. The molecule has 0 aliphatic rings. The number of ether oxygens (including phenoxy) is 2. The highest BCUT2D eigenvalue weighted by Crippen LogP contribution is 2.33. The third-order valence-electron chi connectivity index (χ3n) is 3.10. The molecule has 0 bridgehead atoms. The summed E-state index contributed by atoms with van der Waals surface area (Å²) in [6, 6.07) is 12.8. The lowest BCUT2D eigenvalue weighted by molar-refractivity contribution is 0.378. The highest BCUT2D eigenvalue weighted by Gasteiger charge is 2.08. The SMILES string of the molecule is C#Cc1ccc(Oc2ccc(CC=C)cc2OC)cc1C#N. The summed E-state index contributed by atoms with van der Waals surface area (Å²) < 4.78 is 11.2. The van der Waals surface area contributed by atoms with Crippen molar-refractivity contribution in [1.82, 2.24) is 0 Å². The van der Waals surface area contributed by atoms with Crippen molar-refractivity contribution in [3.63, 3.8) is 0 Å². The van der Waals surface area contributed by atoms with E-state index in [1.165, 1.54) is 0 Å². The normalized spacial score (nSPS) is 9.41. The summed E-state index contributed by atoms with van der Waals surface area (Å²) in [6.45, 7) is 3.72. The predicted octanol–water partition coefficient (Wildman–Crippen LogP) is 4.07. The Hall–Kier alpha value is -3.17. The zero-order valence-electron chi connectivity index (χ0n) is 12.3. The molecule has 22 heavy (non-hydrogen) atoms. The van der Waals surface area contributed by atoms with Crippen LogP contribution in [0.4, 0.5) is 0 Å². The molecule has 2 aromatic carbocycles. The molecule has 0 radical (unpaired) electrons. The van der Waals surface area contributed by atoms with Gasteiger partial charge >= 0.3 is 0 Å². The number of allylic oxidation sites excluding steroid dienone is 1.